The van der Waals surface area contributed by atoms with E-state index in [9.17, 15) is 14.4 Å². The van der Waals surface area contributed by atoms with Gasteiger partial charge in [0, 0.05) is 25.4 Å². The Labute approximate surface area is 221 Å². The van der Waals surface area contributed by atoms with E-state index in [4.69, 9.17) is 5.73 Å². The van der Waals surface area contributed by atoms with Crippen molar-refractivity contribution in [2.45, 2.75) is 83.7 Å². The Morgan fingerprint density at radius 3 is 2.46 bits per heavy atom. The topological polar surface area (TPSA) is 105 Å². The van der Waals surface area contributed by atoms with Gasteiger partial charge >= 0.3 is 0 Å². The SMILES string of the molecule is CCC(CC)C(=O)N1CCCC1C(=O)N[C@H](Cc1ccc2ccccc2c1)C(=O)NCCCCCCN. The molecule has 0 bridgehead atoms. The van der Waals surface area contributed by atoms with E-state index in [2.05, 4.69) is 22.8 Å². The summed E-state index contributed by atoms with van der Waals surface area (Å²) in [5.74, 6) is -0.433. The number of nitrogens with two attached hydrogens (primary N) is 1. The average Bonchev–Trinajstić information content (AvgIpc) is 3.41. The molecule has 1 aliphatic rings. The predicted octanol–water partition coefficient (Wildman–Crippen LogP) is 3.93. The number of hydrogen-bond acceptors (Lipinski definition) is 4. The number of nitrogens with one attached hydrogen (secondary N) is 2. The van der Waals surface area contributed by atoms with Crippen molar-refractivity contribution in [2.75, 3.05) is 19.6 Å². The van der Waals surface area contributed by atoms with Gasteiger partial charge in [-0.3, -0.25) is 14.4 Å². The molecule has 4 N–H and O–H groups in total. The molecule has 3 rings (SSSR count). The lowest BCUT2D eigenvalue weighted by molar-refractivity contribution is -0.142. The molecule has 2 aromatic rings. The summed E-state index contributed by atoms with van der Waals surface area (Å²) in [4.78, 5) is 41.5. The van der Waals surface area contributed by atoms with Crippen molar-refractivity contribution >= 4 is 28.5 Å². The molecule has 3 amide bonds. The number of likely N-dealkylation sites (tertiary alicyclic amines) is 1. The lowest BCUT2D eigenvalue weighted by atomic mass is 10.00. The fraction of sp³-hybridized carbons (Fsp3) is 0.567. The van der Waals surface area contributed by atoms with E-state index in [1.54, 1.807) is 4.90 Å². The highest BCUT2D eigenvalue weighted by Crippen LogP contribution is 2.23. The maximum absolute atomic E-state index is 13.4. The third-order valence-electron chi connectivity index (χ3n) is 7.49. The Balaban J connectivity index is 1.71. The van der Waals surface area contributed by atoms with Crippen LogP contribution in [0, 0.1) is 5.92 Å². The fourth-order valence-electron chi connectivity index (χ4n) is 5.21. The molecule has 7 heteroatoms. The molecule has 37 heavy (non-hydrogen) atoms. The van der Waals surface area contributed by atoms with Gasteiger partial charge in [0.25, 0.3) is 0 Å². The van der Waals surface area contributed by atoms with Crippen molar-refractivity contribution in [3.05, 3.63) is 48.0 Å². The van der Waals surface area contributed by atoms with Crippen LogP contribution in [0.3, 0.4) is 0 Å². The van der Waals surface area contributed by atoms with Crippen molar-refractivity contribution in [1.29, 1.82) is 0 Å². The molecule has 0 saturated carbocycles. The highest BCUT2D eigenvalue weighted by Gasteiger charge is 2.37. The monoisotopic (exact) mass is 508 g/mol. The zero-order valence-electron chi connectivity index (χ0n) is 22.5. The highest BCUT2D eigenvalue weighted by molar-refractivity contribution is 5.93. The molecular weight excluding hydrogens is 464 g/mol. The second kappa shape index (κ2) is 14.7. The predicted molar refractivity (Wildman–Crippen MR) is 149 cm³/mol. The lowest BCUT2D eigenvalue weighted by Crippen LogP contribution is -2.54. The minimum atomic E-state index is -0.705. The summed E-state index contributed by atoms with van der Waals surface area (Å²) in [7, 11) is 0. The van der Waals surface area contributed by atoms with E-state index in [0.717, 1.165) is 61.3 Å². The van der Waals surface area contributed by atoms with Crippen LogP contribution in [-0.4, -0.2) is 54.3 Å². The third-order valence-corrected chi connectivity index (χ3v) is 7.49. The van der Waals surface area contributed by atoms with Crippen LogP contribution in [-0.2, 0) is 20.8 Å². The number of nitrogens with zero attached hydrogens (tertiary/aromatic N) is 1. The first-order valence-corrected chi connectivity index (χ1v) is 14.0. The van der Waals surface area contributed by atoms with Crippen molar-refractivity contribution < 1.29 is 14.4 Å². The molecule has 1 aliphatic heterocycles. The molecule has 0 spiro atoms. The van der Waals surface area contributed by atoms with Crippen LogP contribution in [0.2, 0.25) is 0 Å². The molecule has 0 radical (unpaired) electrons. The van der Waals surface area contributed by atoms with E-state index in [1.807, 2.05) is 44.2 Å². The van der Waals surface area contributed by atoms with Crippen LogP contribution < -0.4 is 16.4 Å². The number of rotatable bonds is 14. The van der Waals surface area contributed by atoms with E-state index in [1.165, 1.54) is 0 Å². The number of fused-ring (bicyclic) bond motifs is 1. The molecule has 0 aromatic heterocycles. The fourth-order valence-corrected chi connectivity index (χ4v) is 5.21. The maximum atomic E-state index is 13.4. The summed E-state index contributed by atoms with van der Waals surface area (Å²) in [6.45, 7) is 5.87. The van der Waals surface area contributed by atoms with Crippen LogP contribution in [0.1, 0.15) is 70.8 Å². The molecule has 7 nitrogen and oxygen atoms in total. The summed E-state index contributed by atoms with van der Waals surface area (Å²) in [5, 5.41) is 8.27. The van der Waals surface area contributed by atoms with Crippen molar-refractivity contribution in [2.24, 2.45) is 11.7 Å². The van der Waals surface area contributed by atoms with Crippen LogP contribution in [0.15, 0.2) is 42.5 Å². The van der Waals surface area contributed by atoms with Crippen LogP contribution in [0.4, 0.5) is 0 Å². The average molecular weight is 509 g/mol. The van der Waals surface area contributed by atoms with Gasteiger partial charge in [0.15, 0.2) is 0 Å². The molecule has 0 aliphatic carbocycles. The summed E-state index contributed by atoms with van der Waals surface area (Å²) < 4.78 is 0. The second-order valence-electron chi connectivity index (χ2n) is 10.1. The van der Waals surface area contributed by atoms with Crippen LogP contribution in [0.25, 0.3) is 10.8 Å². The first-order chi connectivity index (χ1) is 18.0. The molecular formula is C30H44N4O3. The normalized spacial score (nSPS) is 16.2. The Kier molecular flexibility index (Phi) is 11.4. The highest BCUT2D eigenvalue weighted by atomic mass is 16.2. The summed E-state index contributed by atoms with van der Waals surface area (Å²) >= 11 is 0. The zero-order valence-corrected chi connectivity index (χ0v) is 22.5. The molecule has 1 heterocycles. The number of amides is 3. The van der Waals surface area contributed by atoms with E-state index < -0.39 is 12.1 Å². The standard InChI is InChI=1S/C30H44N4O3/c1-3-23(4-2)30(37)34-19-11-14-27(34)29(36)33-26(28(35)32-18-10-6-5-9-17-31)21-22-15-16-24-12-7-8-13-25(24)20-22/h7-8,12-13,15-16,20,23,26-27H,3-6,9-11,14,17-19,21,31H2,1-2H3,(H,32,35)(H,33,36)/t26-,27?/m1/s1. The van der Waals surface area contributed by atoms with E-state index in [0.29, 0.717) is 32.5 Å². The summed E-state index contributed by atoms with van der Waals surface area (Å²) in [5.41, 5.74) is 6.55. The third kappa shape index (κ3) is 8.03. The van der Waals surface area contributed by atoms with Gasteiger partial charge in [-0.1, -0.05) is 69.2 Å². The maximum Gasteiger partial charge on any atom is 0.243 e. The van der Waals surface area contributed by atoms with Crippen molar-refractivity contribution in [3.63, 3.8) is 0 Å². The van der Waals surface area contributed by atoms with E-state index in [-0.39, 0.29) is 23.6 Å². The first-order valence-electron chi connectivity index (χ1n) is 14.0. The van der Waals surface area contributed by atoms with Crippen LogP contribution >= 0.6 is 0 Å². The number of hydrogen-bond donors (Lipinski definition) is 3. The van der Waals surface area contributed by atoms with Gasteiger partial charge in [-0.2, -0.15) is 0 Å². The minimum Gasteiger partial charge on any atom is -0.354 e. The smallest absolute Gasteiger partial charge is 0.243 e. The lowest BCUT2D eigenvalue weighted by Gasteiger charge is -2.29. The Morgan fingerprint density at radius 1 is 1.00 bits per heavy atom. The van der Waals surface area contributed by atoms with Crippen molar-refractivity contribution in [3.8, 4) is 0 Å². The van der Waals surface area contributed by atoms with E-state index >= 15 is 0 Å². The van der Waals surface area contributed by atoms with Gasteiger partial charge in [0.05, 0.1) is 0 Å². The van der Waals surface area contributed by atoms with Crippen LogP contribution in [0.5, 0.6) is 0 Å². The molecule has 1 fully saturated rings. The molecule has 1 saturated heterocycles. The second-order valence-corrected chi connectivity index (χ2v) is 10.1. The number of carbonyl (C=O) groups is 3. The molecule has 202 valence electrons. The zero-order chi connectivity index (χ0) is 26.6. The number of carbonyl (C=O) groups excluding carboxylic acids is 3. The Hall–Kier alpha value is -2.93. The minimum absolute atomic E-state index is 0.0515. The first kappa shape index (κ1) is 28.6. The van der Waals surface area contributed by atoms with Crippen molar-refractivity contribution in [1.82, 2.24) is 15.5 Å². The Morgan fingerprint density at radius 2 is 1.73 bits per heavy atom. The number of unbranched alkanes of at least 4 members (excludes halogenated alkanes) is 3. The molecule has 1 unspecified atom stereocenters. The number of benzene rings is 2. The Bertz CT molecular complexity index is 1040. The van der Waals surface area contributed by atoms with Gasteiger partial charge in [-0.05, 0) is 61.4 Å². The largest absolute Gasteiger partial charge is 0.354 e. The van der Waals surface area contributed by atoms with Gasteiger partial charge in [0.1, 0.15) is 12.1 Å². The molecule has 2 aromatic carbocycles. The molecule has 2 atom stereocenters. The van der Waals surface area contributed by atoms with Gasteiger partial charge in [-0.15, -0.1) is 0 Å². The van der Waals surface area contributed by atoms with Gasteiger partial charge in [-0.25, -0.2) is 0 Å². The summed E-state index contributed by atoms with van der Waals surface area (Å²) in [6.07, 6.45) is 7.27. The van der Waals surface area contributed by atoms with Gasteiger partial charge in [0.2, 0.25) is 17.7 Å². The van der Waals surface area contributed by atoms with Gasteiger partial charge < -0.3 is 21.3 Å². The quantitative estimate of drug-likeness (QED) is 0.336. The summed E-state index contributed by atoms with van der Waals surface area (Å²) in [6, 6.07) is 13.0.